The lowest BCUT2D eigenvalue weighted by Crippen LogP contribution is -2.52. The lowest BCUT2D eigenvalue weighted by atomic mass is 10.1. The van der Waals surface area contributed by atoms with Gasteiger partial charge in [-0.25, -0.2) is 0 Å². The number of amides is 4. The van der Waals surface area contributed by atoms with Gasteiger partial charge in [-0.1, -0.05) is 35.9 Å². The van der Waals surface area contributed by atoms with E-state index in [1.807, 2.05) is 32.9 Å². The molecule has 1 aliphatic heterocycles. The molecule has 0 fully saturated rings. The van der Waals surface area contributed by atoms with Crippen LogP contribution in [0.4, 0.5) is 0 Å². The Morgan fingerprint density at radius 2 is 1.56 bits per heavy atom. The number of hydrogen-bond donors (Lipinski definition) is 1. The maximum absolute atomic E-state index is 13.2. The number of carbonyl (C=O) groups excluding carboxylic acids is 4. The van der Waals surface area contributed by atoms with Crippen molar-refractivity contribution in [3.05, 3.63) is 70.2 Å². The van der Waals surface area contributed by atoms with Crippen molar-refractivity contribution in [2.75, 3.05) is 6.54 Å². The molecule has 1 aliphatic rings. The van der Waals surface area contributed by atoms with E-state index in [1.54, 1.807) is 43.3 Å². The zero-order valence-electron chi connectivity index (χ0n) is 19.9. The SMILES string of the molecule is C[C@H](C(=O)NC(C)(C)C)N(Cc1ccc(Cl)cc1)C(=O)CCCN1C(=O)c2ccccc2C1=O. The number of nitrogens with one attached hydrogen (secondary N) is 1. The number of fused-ring (bicyclic) bond motifs is 1. The quantitative estimate of drug-likeness (QED) is 0.574. The molecule has 2 aromatic rings. The van der Waals surface area contributed by atoms with Gasteiger partial charge in [0.25, 0.3) is 11.8 Å². The van der Waals surface area contributed by atoms with Gasteiger partial charge >= 0.3 is 0 Å². The first-order valence-electron chi connectivity index (χ1n) is 11.3. The largest absolute Gasteiger partial charge is 0.350 e. The molecule has 7 nitrogen and oxygen atoms in total. The van der Waals surface area contributed by atoms with Gasteiger partial charge in [0.2, 0.25) is 11.8 Å². The first-order valence-corrected chi connectivity index (χ1v) is 11.7. The topological polar surface area (TPSA) is 86.8 Å². The third kappa shape index (κ3) is 6.03. The molecule has 1 atom stereocenters. The molecule has 1 heterocycles. The maximum Gasteiger partial charge on any atom is 0.261 e. The Labute approximate surface area is 205 Å². The van der Waals surface area contributed by atoms with Gasteiger partial charge < -0.3 is 10.2 Å². The molecule has 4 amide bonds. The third-order valence-corrected chi connectivity index (χ3v) is 5.83. The highest BCUT2D eigenvalue weighted by Crippen LogP contribution is 2.23. The summed E-state index contributed by atoms with van der Waals surface area (Å²) >= 11 is 5.98. The molecule has 8 heteroatoms. The van der Waals surface area contributed by atoms with Crippen LogP contribution in [0.15, 0.2) is 48.5 Å². The van der Waals surface area contributed by atoms with Crippen molar-refractivity contribution in [3.8, 4) is 0 Å². The Kier molecular flexibility index (Phi) is 7.77. The standard InChI is InChI=1S/C26H30ClN3O4/c1-17(23(32)28-26(2,3)4)30(16-18-11-13-19(27)14-12-18)22(31)10-7-15-29-24(33)20-8-5-6-9-21(20)25(29)34/h5-6,8-9,11-14,17H,7,10,15-16H2,1-4H3,(H,28,32)/t17-/m1/s1. The average Bonchev–Trinajstić information content (AvgIpc) is 3.02. The second-order valence-corrected chi connectivity index (χ2v) is 9.91. The van der Waals surface area contributed by atoms with Crippen LogP contribution < -0.4 is 5.32 Å². The molecule has 3 rings (SSSR count). The molecule has 0 saturated heterocycles. The highest BCUT2D eigenvalue weighted by atomic mass is 35.5. The maximum atomic E-state index is 13.2. The van der Waals surface area contributed by atoms with Gasteiger partial charge in [0.05, 0.1) is 11.1 Å². The number of hydrogen-bond acceptors (Lipinski definition) is 4. The monoisotopic (exact) mass is 483 g/mol. The second-order valence-electron chi connectivity index (χ2n) is 9.47. The summed E-state index contributed by atoms with van der Waals surface area (Å²) in [5.41, 5.74) is 1.17. The van der Waals surface area contributed by atoms with E-state index in [1.165, 1.54) is 9.80 Å². The molecule has 1 N–H and O–H groups in total. The number of imide groups is 1. The zero-order valence-corrected chi connectivity index (χ0v) is 20.7. The van der Waals surface area contributed by atoms with Crippen LogP contribution in [0.1, 0.15) is 66.8 Å². The Hall–Kier alpha value is -3.19. The van der Waals surface area contributed by atoms with Gasteiger partial charge in [-0.15, -0.1) is 0 Å². The van der Waals surface area contributed by atoms with Crippen molar-refractivity contribution in [1.29, 1.82) is 0 Å². The van der Waals surface area contributed by atoms with Crippen molar-refractivity contribution in [2.45, 2.75) is 58.7 Å². The van der Waals surface area contributed by atoms with Crippen LogP contribution in [-0.2, 0) is 16.1 Å². The predicted octanol–water partition coefficient (Wildman–Crippen LogP) is 4.05. The summed E-state index contributed by atoms with van der Waals surface area (Å²) < 4.78 is 0. The molecular formula is C26H30ClN3O4. The molecule has 0 aliphatic carbocycles. The molecule has 0 unspecified atom stereocenters. The van der Waals surface area contributed by atoms with Crippen molar-refractivity contribution in [3.63, 3.8) is 0 Å². The van der Waals surface area contributed by atoms with Crippen molar-refractivity contribution in [1.82, 2.24) is 15.1 Å². The normalized spacial score (nSPS) is 14.1. The summed E-state index contributed by atoms with van der Waals surface area (Å²) in [6, 6.07) is 13.1. The molecule has 34 heavy (non-hydrogen) atoms. The van der Waals surface area contributed by atoms with Gasteiger partial charge in [-0.05, 0) is 63.9 Å². The lowest BCUT2D eigenvalue weighted by molar-refractivity contribution is -0.141. The van der Waals surface area contributed by atoms with Gasteiger partial charge in [0.15, 0.2) is 0 Å². The molecule has 0 spiro atoms. The third-order valence-electron chi connectivity index (χ3n) is 5.58. The first kappa shape index (κ1) is 25.4. The van der Waals surface area contributed by atoms with Gasteiger partial charge in [0.1, 0.15) is 6.04 Å². The molecule has 0 bridgehead atoms. The fourth-order valence-corrected chi connectivity index (χ4v) is 3.94. The Morgan fingerprint density at radius 3 is 2.09 bits per heavy atom. The average molecular weight is 484 g/mol. The highest BCUT2D eigenvalue weighted by Gasteiger charge is 2.35. The minimum absolute atomic E-state index is 0.0914. The predicted molar refractivity (Wildman–Crippen MR) is 130 cm³/mol. The van der Waals surface area contributed by atoms with Crippen LogP contribution in [-0.4, -0.2) is 51.6 Å². The Morgan fingerprint density at radius 1 is 1.00 bits per heavy atom. The van der Waals surface area contributed by atoms with Crippen molar-refractivity contribution >= 4 is 35.2 Å². The summed E-state index contributed by atoms with van der Waals surface area (Å²) in [4.78, 5) is 53.9. The van der Waals surface area contributed by atoms with E-state index in [-0.39, 0.29) is 43.1 Å². The Balaban J connectivity index is 1.68. The number of benzene rings is 2. The van der Waals surface area contributed by atoms with Crippen LogP contribution in [0.25, 0.3) is 0 Å². The van der Waals surface area contributed by atoms with Crippen molar-refractivity contribution < 1.29 is 19.2 Å². The number of nitrogens with zero attached hydrogens (tertiary/aromatic N) is 2. The molecule has 180 valence electrons. The summed E-state index contributed by atoms with van der Waals surface area (Å²) in [5.74, 6) is -1.17. The fraction of sp³-hybridized carbons (Fsp3) is 0.385. The lowest BCUT2D eigenvalue weighted by Gasteiger charge is -2.31. The summed E-state index contributed by atoms with van der Waals surface area (Å²) in [6.07, 6.45) is 0.392. The van der Waals surface area contributed by atoms with Crippen molar-refractivity contribution in [2.24, 2.45) is 0 Å². The highest BCUT2D eigenvalue weighted by molar-refractivity contribution is 6.30. The number of halogens is 1. The molecular weight excluding hydrogens is 454 g/mol. The van der Waals surface area contributed by atoms with E-state index < -0.39 is 11.6 Å². The van der Waals surface area contributed by atoms with E-state index in [4.69, 9.17) is 11.6 Å². The van der Waals surface area contributed by atoms with Crippen LogP contribution in [0.5, 0.6) is 0 Å². The second kappa shape index (κ2) is 10.4. The minimum atomic E-state index is -0.707. The summed E-state index contributed by atoms with van der Waals surface area (Å²) in [5, 5.41) is 3.50. The molecule has 0 saturated carbocycles. The zero-order chi connectivity index (χ0) is 25.0. The van der Waals surface area contributed by atoms with Crippen LogP contribution in [0, 0.1) is 0 Å². The van der Waals surface area contributed by atoms with E-state index in [2.05, 4.69) is 5.32 Å². The van der Waals surface area contributed by atoms with E-state index >= 15 is 0 Å². The smallest absolute Gasteiger partial charge is 0.261 e. The van der Waals surface area contributed by atoms with Crippen LogP contribution in [0.2, 0.25) is 5.02 Å². The van der Waals surface area contributed by atoms with Gasteiger partial charge in [-0.3, -0.25) is 24.1 Å². The molecule has 0 radical (unpaired) electrons. The van der Waals surface area contributed by atoms with E-state index in [0.29, 0.717) is 22.6 Å². The van der Waals surface area contributed by atoms with Gasteiger partial charge in [0, 0.05) is 30.1 Å². The minimum Gasteiger partial charge on any atom is -0.350 e. The fourth-order valence-electron chi connectivity index (χ4n) is 3.82. The first-order chi connectivity index (χ1) is 16.0. The van der Waals surface area contributed by atoms with Crippen LogP contribution in [0.3, 0.4) is 0 Å². The number of carbonyl (C=O) groups is 4. The van der Waals surface area contributed by atoms with Crippen LogP contribution >= 0.6 is 11.6 Å². The van der Waals surface area contributed by atoms with E-state index in [9.17, 15) is 19.2 Å². The Bertz CT molecular complexity index is 1060. The number of rotatable bonds is 8. The molecule has 2 aromatic carbocycles. The molecule has 0 aromatic heterocycles. The summed E-state index contributed by atoms with van der Waals surface area (Å²) in [6.45, 7) is 7.71. The summed E-state index contributed by atoms with van der Waals surface area (Å²) in [7, 11) is 0. The van der Waals surface area contributed by atoms with Gasteiger partial charge in [-0.2, -0.15) is 0 Å². The van der Waals surface area contributed by atoms with E-state index in [0.717, 1.165) is 5.56 Å².